The van der Waals surface area contributed by atoms with Crippen molar-refractivity contribution in [1.82, 2.24) is 0 Å². The molecule has 33 heavy (non-hydrogen) atoms. The van der Waals surface area contributed by atoms with Gasteiger partial charge in [0.05, 0.1) is 12.0 Å². The van der Waals surface area contributed by atoms with Crippen LogP contribution in [-0.4, -0.2) is 12.1 Å². The van der Waals surface area contributed by atoms with Crippen molar-refractivity contribution in [2.45, 2.75) is 115 Å². The molecule has 0 radical (unpaired) electrons. The van der Waals surface area contributed by atoms with E-state index in [0.717, 1.165) is 64.2 Å². The van der Waals surface area contributed by atoms with Gasteiger partial charge in [0.2, 0.25) is 0 Å². The van der Waals surface area contributed by atoms with E-state index in [1.807, 2.05) is 12.1 Å². The van der Waals surface area contributed by atoms with Gasteiger partial charge in [-0.05, 0) is 100 Å². The molecule has 2 aliphatic carbocycles. The fourth-order valence-corrected chi connectivity index (χ4v) is 5.64. The lowest BCUT2D eigenvalue weighted by molar-refractivity contribution is -0.157. The van der Waals surface area contributed by atoms with Crippen LogP contribution in [-0.2, 0) is 16.0 Å². The number of benzene rings is 1. The SMILES string of the molecule is CCCCCCc1ccc([C@H]2CC[C@H](OC(=O)[C@H]3CC[C@H](CCC=CC#N)CC3)CC2)cc1. The van der Waals surface area contributed by atoms with E-state index >= 15 is 0 Å². The topological polar surface area (TPSA) is 50.1 Å². The molecule has 0 bridgehead atoms. The first-order valence-corrected chi connectivity index (χ1v) is 13.5. The normalized spacial score (nSPS) is 25.6. The first kappa shape index (κ1) is 25.5. The summed E-state index contributed by atoms with van der Waals surface area (Å²) in [6.07, 6.45) is 20.6. The number of hydrogen-bond donors (Lipinski definition) is 0. The van der Waals surface area contributed by atoms with E-state index in [1.54, 1.807) is 6.08 Å². The second-order valence-corrected chi connectivity index (χ2v) is 10.3. The summed E-state index contributed by atoms with van der Waals surface area (Å²) in [6, 6.07) is 11.4. The average molecular weight is 450 g/mol. The molecule has 0 aromatic heterocycles. The highest BCUT2D eigenvalue weighted by Gasteiger charge is 2.30. The summed E-state index contributed by atoms with van der Waals surface area (Å²) in [5.41, 5.74) is 2.92. The molecule has 0 atom stereocenters. The second-order valence-electron chi connectivity index (χ2n) is 10.3. The highest BCUT2D eigenvalue weighted by Crippen LogP contribution is 2.36. The van der Waals surface area contributed by atoms with Crippen LogP contribution in [0.5, 0.6) is 0 Å². The fraction of sp³-hybridized carbons (Fsp3) is 0.667. The van der Waals surface area contributed by atoms with Crippen LogP contribution < -0.4 is 0 Å². The molecule has 3 heteroatoms. The third-order valence-corrected chi connectivity index (χ3v) is 7.84. The lowest BCUT2D eigenvalue weighted by atomic mass is 9.79. The average Bonchev–Trinajstić information content (AvgIpc) is 2.86. The number of ether oxygens (including phenoxy) is 1. The largest absolute Gasteiger partial charge is 0.462 e. The lowest BCUT2D eigenvalue weighted by Gasteiger charge is -2.31. The molecule has 1 aromatic rings. The van der Waals surface area contributed by atoms with Crippen LogP contribution in [0, 0.1) is 23.2 Å². The zero-order valence-corrected chi connectivity index (χ0v) is 20.6. The van der Waals surface area contributed by atoms with Gasteiger partial charge in [-0.3, -0.25) is 4.79 Å². The van der Waals surface area contributed by atoms with Crippen molar-refractivity contribution in [2.24, 2.45) is 11.8 Å². The van der Waals surface area contributed by atoms with Crippen LogP contribution in [0.15, 0.2) is 36.4 Å². The second kappa shape index (κ2) is 14.2. The number of esters is 1. The van der Waals surface area contributed by atoms with Crippen molar-refractivity contribution in [3.05, 3.63) is 47.5 Å². The molecule has 0 heterocycles. The molecule has 180 valence electrons. The Balaban J connectivity index is 1.33. The van der Waals surface area contributed by atoms with Gasteiger partial charge in [-0.15, -0.1) is 0 Å². The summed E-state index contributed by atoms with van der Waals surface area (Å²) in [7, 11) is 0. The quantitative estimate of drug-likeness (QED) is 0.195. The Morgan fingerprint density at radius 1 is 1.00 bits per heavy atom. The van der Waals surface area contributed by atoms with E-state index in [1.165, 1.54) is 43.2 Å². The molecule has 2 fully saturated rings. The number of carbonyl (C=O) groups is 1. The molecule has 3 rings (SSSR count). The molecule has 0 spiro atoms. The van der Waals surface area contributed by atoms with Crippen molar-refractivity contribution in [1.29, 1.82) is 5.26 Å². The number of aryl methyl sites for hydroxylation is 1. The summed E-state index contributed by atoms with van der Waals surface area (Å²) >= 11 is 0. The van der Waals surface area contributed by atoms with Gasteiger partial charge in [-0.1, -0.05) is 56.5 Å². The summed E-state index contributed by atoms with van der Waals surface area (Å²) in [5.74, 6) is 1.45. The van der Waals surface area contributed by atoms with Gasteiger partial charge < -0.3 is 4.74 Å². The van der Waals surface area contributed by atoms with Gasteiger partial charge in [0.1, 0.15) is 6.10 Å². The molecule has 0 aliphatic heterocycles. The van der Waals surface area contributed by atoms with Crippen molar-refractivity contribution < 1.29 is 9.53 Å². The Morgan fingerprint density at radius 2 is 1.73 bits per heavy atom. The maximum absolute atomic E-state index is 12.7. The predicted octanol–water partition coefficient (Wildman–Crippen LogP) is 8.05. The molecule has 2 aliphatic rings. The van der Waals surface area contributed by atoms with Crippen molar-refractivity contribution in [2.75, 3.05) is 0 Å². The predicted molar refractivity (Wildman–Crippen MR) is 135 cm³/mol. The first-order valence-electron chi connectivity index (χ1n) is 13.5. The van der Waals surface area contributed by atoms with Crippen LogP contribution in [0.3, 0.4) is 0 Å². The standard InChI is InChI=1S/C30H43NO2/c1-2-3-4-6-9-24-11-15-26(16-12-24)27-19-21-29(22-20-27)33-30(32)28-17-13-25(14-18-28)10-7-5-8-23-31/h5,8,11-12,15-16,25,27-29H,2-4,6-7,9-10,13-14,17-22H2,1H3/t25-,27-,28-,29-. The molecule has 3 nitrogen and oxygen atoms in total. The van der Waals surface area contributed by atoms with Gasteiger partial charge >= 0.3 is 5.97 Å². The number of hydrogen-bond acceptors (Lipinski definition) is 3. The minimum absolute atomic E-state index is 0.0497. The molecule has 2 saturated carbocycles. The molecular formula is C30H43NO2. The highest BCUT2D eigenvalue weighted by molar-refractivity contribution is 5.72. The molecule has 1 aromatic carbocycles. The number of allylic oxidation sites excluding steroid dienone is 2. The van der Waals surface area contributed by atoms with E-state index in [9.17, 15) is 4.79 Å². The summed E-state index contributed by atoms with van der Waals surface area (Å²) < 4.78 is 5.96. The molecule has 0 unspecified atom stereocenters. The maximum Gasteiger partial charge on any atom is 0.309 e. The number of unbranched alkanes of at least 4 members (excludes halogenated alkanes) is 3. The summed E-state index contributed by atoms with van der Waals surface area (Å²) in [5, 5.41) is 8.57. The molecule has 0 amide bonds. The molecular weight excluding hydrogens is 406 g/mol. The zero-order chi connectivity index (χ0) is 23.3. The Kier molecular flexibility index (Phi) is 11.0. The highest BCUT2D eigenvalue weighted by atomic mass is 16.5. The van der Waals surface area contributed by atoms with E-state index in [2.05, 4.69) is 31.2 Å². The maximum atomic E-state index is 12.7. The van der Waals surface area contributed by atoms with E-state index in [0.29, 0.717) is 11.8 Å². The number of nitriles is 1. The van der Waals surface area contributed by atoms with Crippen molar-refractivity contribution in [3.63, 3.8) is 0 Å². The number of carbonyl (C=O) groups excluding carboxylic acids is 1. The van der Waals surface area contributed by atoms with Crippen LogP contribution >= 0.6 is 0 Å². The van der Waals surface area contributed by atoms with E-state index < -0.39 is 0 Å². The van der Waals surface area contributed by atoms with Gasteiger partial charge in [-0.2, -0.15) is 5.26 Å². The Morgan fingerprint density at radius 3 is 2.39 bits per heavy atom. The van der Waals surface area contributed by atoms with Crippen molar-refractivity contribution >= 4 is 5.97 Å². The van der Waals surface area contributed by atoms with Crippen LogP contribution in [0.2, 0.25) is 0 Å². The number of rotatable bonds is 11. The smallest absolute Gasteiger partial charge is 0.309 e. The zero-order valence-electron chi connectivity index (χ0n) is 20.6. The minimum Gasteiger partial charge on any atom is -0.462 e. The summed E-state index contributed by atoms with van der Waals surface area (Å²) in [6.45, 7) is 2.26. The van der Waals surface area contributed by atoms with Gasteiger partial charge in [-0.25, -0.2) is 0 Å². The number of nitrogens with zero attached hydrogens (tertiary/aromatic N) is 1. The monoisotopic (exact) mass is 449 g/mol. The first-order chi connectivity index (χ1) is 16.2. The van der Waals surface area contributed by atoms with E-state index in [4.69, 9.17) is 10.00 Å². The van der Waals surface area contributed by atoms with Gasteiger partial charge in [0, 0.05) is 6.08 Å². The Labute approximate surface area is 201 Å². The van der Waals surface area contributed by atoms with Crippen molar-refractivity contribution in [3.8, 4) is 6.07 Å². The van der Waals surface area contributed by atoms with Gasteiger partial charge in [0.25, 0.3) is 0 Å². The minimum atomic E-state index is 0.0497. The summed E-state index contributed by atoms with van der Waals surface area (Å²) in [4.78, 5) is 12.7. The van der Waals surface area contributed by atoms with Crippen LogP contribution in [0.25, 0.3) is 0 Å². The third-order valence-electron chi connectivity index (χ3n) is 7.84. The Hall–Kier alpha value is -2.08. The Bertz CT molecular complexity index is 759. The molecule has 0 N–H and O–H groups in total. The third kappa shape index (κ3) is 8.65. The van der Waals surface area contributed by atoms with Crippen LogP contribution in [0.1, 0.15) is 114 Å². The van der Waals surface area contributed by atoms with Crippen LogP contribution in [0.4, 0.5) is 0 Å². The van der Waals surface area contributed by atoms with Gasteiger partial charge in [0.15, 0.2) is 0 Å². The van der Waals surface area contributed by atoms with E-state index in [-0.39, 0.29) is 18.0 Å². The molecule has 0 saturated heterocycles. The fourth-order valence-electron chi connectivity index (χ4n) is 5.64. The lowest BCUT2D eigenvalue weighted by Crippen LogP contribution is -2.29.